The lowest BCUT2D eigenvalue weighted by atomic mass is 10.1. The summed E-state index contributed by atoms with van der Waals surface area (Å²) in [5, 5.41) is 1.36. The average molecular weight is 320 g/mol. The fraction of sp³-hybridized carbons (Fsp3) is 0.350. The second-order valence-corrected chi connectivity index (χ2v) is 6.69. The SMILES string of the molecule is Cc1[nH]c2c(CN3CCN(c4cccnc4)CC3)cccc2c1C. The number of nitrogens with zero attached hydrogens (tertiary/aromatic N) is 3. The van der Waals surface area contributed by atoms with Crippen molar-refractivity contribution in [2.75, 3.05) is 31.1 Å². The monoisotopic (exact) mass is 320 g/mol. The van der Waals surface area contributed by atoms with Crippen LogP contribution in [-0.4, -0.2) is 41.0 Å². The number of piperazine rings is 1. The highest BCUT2D eigenvalue weighted by Crippen LogP contribution is 2.25. The second kappa shape index (κ2) is 6.29. The van der Waals surface area contributed by atoms with Gasteiger partial charge >= 0.3 is 0 Å². The van der Waals surface area contributed by atoms with Crippen molar-refractivity contribution in [3.05, 3.63) is 59.5 Å². The number of aromatic amines is 1. The molecular weight excluding hydrogens is 296 g/mol. The van der Waals surface area contributed by atoms with E-state index in [0.29, 0.717) is 0 Å². The third kappa shape index (κ3) is 2.78. The Labute approximate surface area is 143 Å². The van der Waals surface area contributed by atoms with Crippen LogP contribution in [0.1, 0.15) is 16.8 Å². The number of nitrogens with one attached hydrogen (secondary N) is 1. The van der Waals surface area contributed by atoms with Gasteiger partial charge in [0.2, 0.25) is 0 Å². The molecule has 0 atom stereocenters. The minimum absolute atomic E-state index is 1.01. The van der Waals surface area contributed by atoms with Gasteiger partial charge < -0.3 is 9.88 Å². The summed E-state index contributed by atoms with van der Waals surface area (Å²) in [6.07, 6.45) is 3.79. The Kier molecular flexibility index (Phi) is 3.98. The number of anilines is 1. The molecule has 0 spiro atoms. The molecule has 4 heteroatoms. The molecule has 124 valence electrons. The molecular formula is C20H24N4. The smallest absolute Gasteiger partial charge is 0.0553 e. The van der Waals surface area contributed by atoms with Crippen LogP contribution in [0.5, 0.6) is 0 Å². The largest absolute Gasteiger partial charge is 0.368 e. The molecule has 1 aromatic carbocycles. The third-order valence-corrected chi connectivity index (χ3v) is 5.21. The Balaban J connectivity index is 1.47. The van der Waals surface area contributed by atoms with Crippen molar-refractivity contribution < 1.29 is 0 Å². The molecule has 1 fully saturated rings. The molecule has 0 saturated carbocycles. The first-order valence-electron chi connectivity index (χ1n) is 8.66. The van der Waals surface area contributed by atoms with Crippen molar-refractivity contribution in [3.8, 4) is 0 Å². The topological polar surface area (TPSA) is 35.2 Å². The number of pyridine rings is 1. The predicted octanol–water partition coefficient (Wildman–Crippen LogP) is 3.50. The first-order chi connectivity index (χ1) is 11.7. The molecule has 2 aromatic heterocycles. The molecule has 0 bridgehead atoms. The maximum Gasteiger partial charge on any atom is 0.0553 e. The lowest BCUT2D eigenvalue weighted by Gasteiger charge is -2.36. The molecule has 0 radical (unpaired) electrons. The van der Waals surface area contributed by atoms with Gasteiger partial charge in [-0.25, -0.2) is 0 Å². The summed E-state index contributed by atoms with van der Waals surface area (Å²) in [6.45, 7) is 9.66. The van der Waals surface area contributed by atoms with Crippen molar-refractivity contribution in [1.82, 2.24) is 14.9 Å². The van der Waals surface area contributed by atoms with Crippen molar-refractivity contribution in [3.63, 3.8) is 0 Å². The Morgan fingerprint density at radius 3 is 2.62 bits per heavy atom. The van der Waals surface area contributed by atoms with Gasteiger partial charge in [0.1, 0.15) is 0 Å². The van der Waals surface area contributed by atoms with E-state index in [0.717, 1.165) is 32.7 Å². The lowest BCUT2D eigenvalue weighted by Crippen LogP contribution is -2.46. The van der Waals surface area contributed by atoms with Crippen molar-refractivity contribution >= 4 is 16.6 Å². The molecule has 0 aliphatic carbocycles. The number of rotatable bonds is 3. The van der Waals surface area contributed by atoms with E-state index < -0.39 is 0 Å². The van der Waals surface area contributed by atoms with E-state index >= 15 is 0 Å². The second-order valence-electron chi connectivity index (χ2n) is 6.69. The molecule has 1 N–H and O–H groups in total. The van der Waals surface area contributed by atoms with Crippen LogP contribution in [0.3, 0.4) is 0 Å². The first-order valence-corrected chi connectivity index (χ1v) is 8.66. The Bertz CT molecular complexity index is 829. The highest BCUT2D eigenvalue weighted by Gasteiger charge is 2.18. The van der Waals surface area contributed by atoms with Gasteiger partial charge in [0.05, 0.1) is 17.4 Å². The number of aromatic nitrogens is 2. The van der Waals surface area contributed by atoms with Crippen LogP contribution >= 0.6 is 0 Å². The van der Waals surface area contributed by atoms with Gasteiger partial charge in [-0.3, -0.25) is 9.88 Å². The van der Waals surface area contributed by atoms with Crippen LogP contribution < -0.4 is 4.90 Å². The van der Waals surface area contributed by atoms with Crippen molar-refractivity contribution in [2.45, 2.75) is 20.4 Å². The van der Waals surface area contributed by atoms with E-state index in [1.54, 1.807) is 0 Å². The fourth-order valence-corrected chi connectivity index (χ4v) is 3.62. The molecule has 24 heavy (non-hydrogen) atoms. The number of fused-ring (bicyclic) bond motifs is 1. The fourth-order valence-electron chi connectivity index (χ4n) is 3.62. The van der Waals surface area contributed by atoms with Gasteiger partial charge in [-0.15, -0.1) is 0 Å². The number of benzene rings is 1. The highest BCUT2D eigenvalue weighted by molar-refractivity contribution is 5.87. The summed E-state index contributed by atoms with van der Waals surface area (Å²) in [6, 6.07) is 10.8. The highest BCUT2D eigenvalue weighted by atomic mass is 15.3. The zero-order chi connectivity index (χ0) is 16.5. The van der Waals surface area contributed by atoms with Crippen LogP contribution in [0.2, 0.25) is 0 Å². The maximum atomic E-state index is 4.23. The Morgan fingerprint density at radius 1 is 1.04 bits per heavy atom. The van der Waals surface area contributed by atoms with Crippen LogP contribution in [0.25, 0.3) is 10.9 Å². The number of hydrogen-bond donors (Lipinski definition) is 1. The number of H-pyrrole nitrogens is 1. The molecule has 3 heterocycles. The van der Waals surface area contributed by atoms with Gasteiger partial charge in [0, 0.05) is 50.0 Å². The minimum Gasteiger partial charge on any atom is -0.368 e. The quantitative estimate of drug-likeness (QED) is 0.802. The molecule has 1 aliphatic rings. The molecule has 4 nitrogen and oxygen atoms in total. The molecule has 0 amide bonds. The Hall–Kier alpha value is -2.33. The summed E-state index contributed by atoms with van der Waals surface area (Å²) >= 11 is 0. The molecule has 0 unspecified atom stereocenters. The summed E-state index contributed by atoms with van der Waals surface area (Å²) < 4.78 is 0. The summed E-state index contributed by atoms with van der Waals surface area (Å²) in [5.74, 6) is 0. The molecule has 4 rings (SSSR count). The molecule has 1 saturated heterocycles. The normalized spacial score (nSPS) is 16.0. The van der Waals surface area contributed by atoms with E-state index in [4.69, 9.17) is 0 Å². The van der Waals surface area contributed by atoms with Gasteiger partial charge in [-0.1, -0.05) is 18.2 Å². The molecule has 1 aliphatic heterocycles. The summed E-state index contributed by atoms with van der Waals surface area (Å²) in [5.41, 5.74) is 6.59. The summed E-state index contributed by atoms with van der Waals surface area (Å²) in [4.78, 5) is 12.8. The van der Waals surface area contributed by atoms with Gasteiger partial charge in [-0.05, 0) is 37.1 Å². The van der Waals surface area contributed by atoms with Gasteiger partial charge in [0.25, 0.3) is 0 Å². The lowest BCUT2D eigenvalue weighted by molar-refractivity contribution is 0.250. The minimum atomic E-state index is 1.01. The number of aryl methyl sites for hydroxylation is 2. The maximum absolute atomic E-state index is 4.23. The van der Waals surface area contributed by atoms with E-state index in [1.165, 1.54) is 33.4 Å². The summed E-state index contributed by atoms with van der Waals surface area (Å²) in [7, 11) is 0. The standard InChI is InChI=1S/C20H24N4/c1-15-16(2)22-20-17(5-3-7-19(15)20)14-23-9-11-24(12-10-23)18-6-4-8-21-13-18/h3-8,13,22H,9-12,14H2,1-2H3. The van der Waals surface area contributed by atoms with Gasteiger partial charge in [0.15, 0.2) is 0 Å². The zero-order valence-electron chi connectivity index (χ0n) is 14.4. The number of hydrogen-bond acceptors (Lipinski definition) is 3. The average Bonchev–Trinajstić information content (AvgIpc) is 2.92. The van der Waals surface area contributed by atoms with Crippen LogP contribution in [0.4, 0.5) is 5.69 Å². The van der Waals surface area contributed by atoms with Crippen LogP contribution in [-0.2, 0) is 6.54 Å². The van der Waals surface area contributed by atoms with Crippen LogP contribution in [0, 0.1) is 13.8 Å². The van der Waals surface area contributed by atoms with Gasteiger partial charge in [-0.2, -0.15) is 0 Å². The zero-order valence-corrected chi connectivity index (χ0v) is 14.4. The first kappa shape index (κ1) is 15.2. The van der Waals surface area contributed by atoms with Crippen LogP contribution in [0.15, 0.2) is 42.7 Å². The third-order valence-electron chi connectivity index (χ3n) is 5.21. The van der Waals surface area contributed by atoms with Crippen molar-refractivity contribution in [2.24, 2.45) is 0 Å². The Morgan fingerprint density at radius 2 is 1.88 bits per heavy atom. The van der Waals surface area contributed by atoms with E-state index in [1.807, 2.05) is 18.5 Å². The molecule has 3 aromatic rings. The number of para-hydroxylation sites is 1. The van der Waals surface area contributed by atoms with E-state index in [2.05, 4.69) is 57.9 Å². The van der Waals surface area contributed by atoms with Crippen molar-refractivity contribution in [1.29, 1.82) is 0 Å². The van der Waals surface area contributed by atoms with E-state index in [9.17, 15) is 0 Å². The predicted molar refractivity (Wildman–Crippen MR) is 99.5 cm³/mol. The van der Waals surface area contributed by atoms with E-state index in [-0.39, 0.29) is 0 Å².